The molecule has 1 rings (SSSR count). The molecule has 5 heteroatoms. The van der Waals surface area contributed by atoms with E-state index in [1.807, 2.05) is 7.05 Å². The summed E-state index contributed by atoms with van der Waals surface area (Å²) in [5, 5.41) is 0.654. The van der Waals surface area contributed by atoms with Crippen molar-refractivity contribution in [2.24, 2.45) is 0 Å². The summed E-state index contributed by atoms with van der Waals surface area (Å²) in [6.45, 7) is 0. The molecule has 4 nitrogen and oxygen atoms in total. The Balaban J connectivity index is 2.51. The Hall–Kier alpha value is -0.390. The van der Waals surface area contributed by atoms with Crippen molar-refractivity contribution in [1.29, 1.82) is 0 Å². The fourth-order valence-electron chi connectivity index (χ4n) is 0.632. The first-order valence-corrected chi connectivity index (χ1v) is 2.97. The summed E-state index contributed by atoms with van der Waals surface area (Å²) in [6.07, 6.45) is -0.127. The van der Waals surface area contributed by atoms with Gasteiger partial charge in [-0.1, -0.05) is 0 Å². The molecule has 2 N–H and O–H groups in total. The lowest BCUT2D eigenvalue weighted by Gasteiger charge is -2.15. The average Bonchev–Trinajstić information content (AvgIpc) is 2.15. The van der Waals surface area contributed by atoms with Gasteiger partial charge in [-0.15, -0.1) is 0 Å². The Bertz CT molecular complexity index is 129. The largest absolute Gasteiger partial charge is 0.347 e. The van der Waals surface area contributed by atoms with Gasteiger partial charge in [0.1, 0.15) is 0 Å². The number of hydrogen-bond acceptors (Lipinski definition) is 3. The van der Waals surface area contributed by atoms with Crippen molar-refractivity contribution in [2.75, 3.05) is 14.2 Å². The zero-order valence-corrected chi connectivity index (χ0v) is 6.16. The number of hydrogen-bond donors (Lipinski definition) is 2. The number of ether oxygens (including phenoxy) is 1. The van der Waals surface area contributed by atoms with E-state index in [1.54, 1.807) is 12.0 Å². The summed E-state index contributed by atoms with van der Waals surface area (Å²) in [7, 11) is 3.47. The molecule has 1 atom stereocenters. The molecule has 0 saturated carbocycles. The van der Waals surface area contributed by atoms with Crippen LogP contribution < -0.4 is 10.9 Å². The quantitative estimate of drug-likeness (QED) is 0.477. The van der Waals surface area contributed by atoms with Gasteiger partial charge in [-0.25, -0.2) is 0 Å². The van der Waals surface area contributed by atoms with Crippen LogP contribution in [0.1, 0.15) is 0 Å². The molecule has 1 aliphatic rings. The predicted molar refractivity (Wildman–Crippen MR) is 37.4 cm³/mol. The minimum absolute atomic E-state index is 0.127. The van der Waals surface area contributed by atoms with E-state index in [-0.39, 0.29) is 6.35 Å². The molecular formula is C4H9N3OS. The predicted octanol–water partition coefficient (Wildman–Crippen LogP) is -0.759. The molecule has 52 valence electrons. The van der Waals surface area contributed by atoms with Crippen molar-refractivity contribution >= 4 is 17.3 Å². The molecule has 1 heterocycles. The fraction of sp³-hybridized carbons (Fsp3) is 0.750. The number of thiocarbonyl (C=S) groups is 1. The second-order valence-electron chi connectivity index (χ2n) is 1.77. The third-order valence-corrected chi connectivity index (χ3v) is 1.59. The van der Waals surface area contributed by atoms with Crippen molar-refractivity contribution in [1.82, 2.24) is 15.8 Å². The van der Waals surface area contributed by atoms with Gasteiger partial charge in [0.05, 0.1) is 0 Å². The Morgan fingerprint density at radius 1 is 1.78 bits per heavy atom. The maximum absolute atomic E-state index is 4.96. The summed E-state index contributed by atoms with van der Waals surface area (Å²) >= 11 is 4.86. The van der Waals surface area contributed by atoms with Crippen LogP contribution in [0, 0.1) is 0 Å². The highest BCUT2D eigenvalue weighted by molar-refractivity contribution is 7.80. The van der Waals surface area contributed by atoms with E-state index in [0.717, 1.165) is 0 Å². The van der Waals surface area contributed by atoms with Crippen LogP contribution in [-0.4, -0.2) is 30.5 Å². The van der Waals surface area contributed by atoms with Gasteiger partial charge in [0, 0.05) is 14.2 Å². The lowest BCUT2D eigenvalue weighted by molar-refractivity contribution is 0.0100. The number of methoxy groups -OCH3 is 1. The van der Waals surface area contributed by atoms with Gasteiger partial charge in [-0.3, -0.25) is 5.43 Å². The number of hydrazine groups is 1. The topological polar surface area (TPSA) is 36.5 Å². The minimum Gasteiger partial charge on any atom is -0.347 e. The highest BCUT2D eigenvalue weighted by Gasteiger charge is 2.22. The van der Waals surface area contributed by atoms with E-state index >= 15 is 0 Å². The molecule has 0 amide bonds. The van der Waals surface area contributed by atoms with Crippen molar-refractivity contribution in [3.05, 3.63) is 0 Å². The zero-order valence-electron chi connectivity index (χ0n) is 5.34. The van der Waals surface area contributed by atoms with Crippen molar-refractivity contribution < 1.29 is 4.74 Å². The van der Waals surface area contributed by atoms with E-state index in [0.29, 0.717) is 5.11 Å². The first kappa shape index (κ1) is 6.73. The number of rotatable bonds is 1. The van der Waals surface area contributed by atoms with Crippen molar-refractivity contribution in [2.45, 2.75) is 6.35 Å². The third-order valence-electron chi connectivity index (χ3n) is 1.20. The second kappa shape index (κ2) is 2.47. The summed E-state index contributed by atoms with van der Waals surface area (Å²) < 4.78 is 4.96. The molecule has 1 saturated heterocycles. The summed E-state index contributed by atoms with van der Waals surface area (Å²) in [6, 6.07) is 0. The minimum atomic E-state index is -0.127. The molecule has 1 aliphatic heterocycles. The zero-order chi connectivity index (χ0) is 6.85. The van der Waals surface area contributed by atoms with Gasteiger partial charge in [0.15, 0.2) is 5.11 Å². The molecule has 0 spiro atoms. The van der Waals surface area contributed by atoms with E-state index in [9.17, 15) is 0 Å². The second-order valence-corrected chi connectivity index (χ2v) is 2.16. The molecule has 1 unspecified atom stereocenters. The highest BCUT2D eigenvalue weighted by Crippen LogP contribution is 1.98. The van der Waals surface area contributed by atoms with Crippen LogP contribution in [0.2, 0.25) is 0 Å². The van der Waals surface area contributed by atoms with Gasteiger partial charge >= 0.3 is 0 Å². The van der Waals surface area contributed by atoms with Crippen LogP contribution >= 0.6 is 12.2 Å². The van der Waals surface area contributed by atoms with Crippen molar-refractivity contribution in [3.63, 3.8) is 0 Å². The first-order chi connectivity index (χ1) is 4.25. The van der Waals surface area contributed by atoms with Crippen molar-refractivity contribution in [3.8, 4) is 0 Å². The van der Waals surface area contributed by atoms with Crippen LogP contribution in [0.4, 0.5) is 0 Å². The maximum Gasteiger partial charge on any atom is 0.204 e. The summed E-state index contributed by atoms with van der Waals surface area (Å²) in [5.41, 5.74) is 5.57. The SMILES string of the molecule is COC1NNC(=S)N1C. The molecule has 0 aromatic heterocycles. The molecule has 0 aromatic rings. The smallest absolute Gasteiger partial charge is 0.204 e. The lowest BCUT2D eigenvalue weighted by Crippen LogP contribution is -2.36. The molecular weight excluding hydrogens is 138 g/mol. The summed E-state index contributed by atoms with van der Waals surface area (Å²) in [5.74, 6) is 0. The molecule has 1 fully saturated rings. The van der Waals surface area contributed by atoms with E-state index in [4.69, 9.17) is 17.0 Å². The fourth-order valence-corrected chi connectivity index (χ4v) is 0.787. The maximum atomic E-state index is 4.96. The van der Waals surface area contributed by atoms with E-state index < -0.39 is 0 Å². The van der Waals surface area contributed by atoms with Crippen LogP contribution in [0.15, 0.2) is 0 Å². The molecule has 9 heavy (non-hydrogen) atoms. The number of nitrogens with zero attached hydrogens (tertiary/aromatic N) is 1. The van der Waals surface area contributed by atoms with E-state index in [1.165, 1.54) is 0 Å². The normalized spacial score (nSPS) is 26.7. The molecule has 0 aromatic carbocycles. The Labute approximate surface area is 59.1 Å². The van der Waals surface area contributed by atoms with Crippen LogP contribution in [0.3, 0.4) is 0 Å². The lowest BCUT2D eigenvalue weighted by atomic mass is 10.8. The van der Waals surface area contributed by atoms with Gasteiger partial charge in [-0.2, -0.15) is 5.43 Å². The Kier molecular flexibility index (Phi) is 1.84. The third kappa shape index (κ3) is 1.12. The van der Waals surface area contributed by atoms with Gasteiger partial charge in [0.25, 0.3) is 0 Å². The van der Waals surface area contributed by atoms with Crippen LogP contribution in [-0.2, 0) is 4.74 Å². The molecule has 0 bridgehead atoms. The van der Waals surface area contributed by atoms with Gasteiger partial charge in [0.2, 0.25) is 6.35 Å². The first-order valence-electron chi connectivity index (χ1n) is 2.57. The molecule has 0 radical (unpaired) electrons. The Morgan fingerprint density at radius 2 is 2.44 bits per heavy atom. The number of nitrogens with one attached hydrogen (secondary N) is 2. The summed E-state index contributed by atoms with van der Waals surface area (Å²) in [4.78, 5) is 1.79. The van der Waals surface area contributed by atoms with E-state index in [2.05, 4.69) is 10.9 Å². The highest BCUT2D eigenvalue weighted by atomic mass is 32.1. The Morgan fingerprint density at radius 3 is 2.67 bits per heavy atom. The monoisotopic (exact) mass is 147 g/mol. The standard InChI is InChI=1S/C4H9N3OS/c1-7-3(8-2)5-6-4(7)9/h3,5H,1-2H3,(H,6,9). The average molecular weight is 147 g/mol. The van der Waals surface area contributed by atoms with Gasteiger partial charge < -0.3 is 9.64 Å². The molecule has 0 aliphatic carbocycles. The van der Waals surface area contributed by atoms with Gasteiger partial charge in [-0.05, 0) is 12.2 Å². The van der Waals surface area contributed by atoms with Crippen LogP contribution in [0.5, 0.6) is 0 Å². The van der Waals surface area contributed by atoms with Crippen LogP contribution in [0.25, 0.3) is 0 Å².